The van der Waals surface area contributed by atoms with E-state index < -0.39 is 17.6 Å². The standard InChI is InChI=1S/C14H18F3N3O/c1-20(12-5-3-2-4-10(12)18)13(21)11-7-6-9(8-19-11)14(15,16)17/h6-8,10,12H,2-5,18H2,1H3. The number of alkyl halides is 3. The predicted octanol–water partition coefficient (Wildman–Crippen LogP) is 2.44. The molecule has 116 valence electrons. The van der Waals surface area contributed by atoms with E-state index in [2.05, 4.69) is 4.98 Å². The van der Waals surface area contributed by atoms with Crippen molar-refractivity contribution < 1.29 is 18.0 Å². The molecule has 7 heteroatoms. The highest BCUT2D eigenvalue weighted by molar-refractivity contribution is 5.92. The summed E-state index contributed by atoms with van der Waals surface area (Å²) in [5, 5.41) is 0. The molecule has 1 aromatic heterocycles. The average molecular weight is 301 g/mol. The summed E-state index contributed by atoms with van der Waals surface area (Å²) in [7, 11) is 1.62. The largest absolute Gasteiger partial charge is 0.417 e. The average Bonchev–Trinajstić information content (AvgIpc) is 2.45. The van der Waals surface area contributed by atoms with E-state index in [1.165, 1.54) is 4.90 Å². The zero-order valence-corrected chi connectivity index (χ0v) is 11.7. The number of hydrogen-bond acceptors (Lipinski definition) is 3. The van der Waals surface area contributed by atoms with Crippen molar-refractivity contribution in [2.45, 2.75) is 43.9 Å². The molecule has 1 aromatic rings. The van der Waals surface area contributed by atoms with Gasteiger partial charge >= 0.3 is 6.18 Å². The van der Waals surface area contributed by atoms with Gasteiger partial charge in [0.2, 0.25) is 0 Å². The van der Waals surface area contributed by atoms with Crippen molar-refractivity contribution in [3.8, 4) is 0 Å². The number of nitrogens with two attached hydrogens (primary N) is 1. The Morgan fingerprint density at radius 2 is 2.00 bits per heavy atom. The number of rotatable bonds is 2. The first kappa shape index (κ1) is 15.8. The molecule has 1 aliphatic carbocycles. The maximum atomic E-state index is 12.5. The van der Waals surface area contributed by atoms with E-state index in [0.717, 1.165) is 37.8 Å². The monoisotopic (exact) mass is 301 g/mol. The van der Waals surface area contributed by atoms with Crippen LogP contribution in [0, 0.1) is 0 Å². The van der Waals surface area contributed by atoms with Crippen LogP contribution in [0.3, 0.4) is 0 Å². The SMILES string of the molecule is CN(C(=O)c1ccc(C(F)(F)F)cn1)C1CCCCC1N. The molecular weight excluding hydrogens is 283 g/mol. The van der Waals surface area contributed by atoms with Crippen LogP contribution >= 0.6 is 0 Å². The number of carbonyl (C=O) groups excluding carboxylic acids is 1. The van der Waals surface area contributed by atoms with Crippen LogP contribution in [0.25, 0.3) is 0 Å². The smallest absolute Gasteiger partial charge is 0.336 e. The molecule has 1 saturated carbocycles. The maximum absolute atomic E-state index is 12.5. The molecule has 1 amide bonds. The summed E-state index contributed by atoms with van der Waals surface area (Å²) in [4.78, 5) is 17.4. The number of amides is 1. The van der Waals surface area contributed by atoms with Gasteiger partial charge in [-0.2, -0.15) is 13.2 Å². The molecule has 0 radical (unpaired) electrons. The van der Waals surface area contributed by atoms with Crippen LogP contribution in [0.1, 0.15) is 41.7 Å². The zero-order chi connectivity index (χ0) is 15.6. The number of likely N-dealkylation sites (N-methyl/N-ethyl adjacent to an activating group) is 1. The van der Waals surface area contributed by atoms with Crippen molar-refractivity contribution in [1.29, 1.82) is 0 Å². The second kappa shape index (κ2) is 6.01. The molecule has 2 N–H and O–H groups in total. The van der Waals surface area contributed by atoms with Crippen molar-refractivity contribution in [2.24, 2.45) is 5.73 Å². The summed E-state index contributed by atoms with van der Waals surface area (Å²) in [6.45, 7) is 0. The van der Waals surface area contributed by atoms with Gasteiger partial charge in [0.15, 0.2) is 0 Å². The lowest BCUT2D eigenvalue weighted by Gasteiger charge is -2.35. The van der Waals surface area contributed by atoms with Crippen LogP contribution in [0.4, 0.5) is 13.2 Å². The Hall–Kier alpha value is -1.63. The Labute approximate surface area is 121 Å². The Morgan fingerprint density at radius 1 is 1.33 bits per heavy atom. The maximum Gasteiger partial charge on any atom is 0.417 e. The second-order valence-corrected chi connectivity index (χ2v) is 5.36. The van der Waals surface area contributed by atoms with Crippen molar-refractivity contribution >= 4 is 5.91 Å². The summed E-state index contributed by atoms with van der Waals surface area (Å²) < 4.78 is 37.4. The van der Waals surface area contributed by atoms with E-state index in [9.17, 15) is 18.0 Å². The molecule has 4 nitrogen and oxygen atoms in total. The minimum absolute atomic E-state index is 0.00303. The highest BCUT2D eigenvalue weighted by Gasteiger charge is 2.32. The second-order valence-electron chi connectivity index (χ2n) is 5.36. The van der Waals surface area contributed by atoms with Gasteiger partial charge in [0.05, 0.1) is 5.56 Å². The van der Waals surface area contributed by atoms with Crippen molar-refractivity contribution in [3.63, 3.8) is 0 Å². The molecule has 0 spiro atoms. The lowest BCUT2D eigenvalue weighted by Crippen LogP contribution is -2.50. The van der Waals surface area contributed by atoms with E-state index in [1.54, 1.807) is 7.05 Å². The lowest BCUT2D eigenvalue weighted by molar-refractivity contribution is -0.137. The van der Waals surface area contributed by atoms with E-state index in [-0.39, 0.29) is 17.8 Å². The minimum atomic E-state index is -4.45. The van der Waals surface area contributed by atoms with Gasteiger partial charge in [-0.3, -0.25) is 9.78 Å². The van der Waals surface area contributed by atoms with Gasteiger partial charge in [0.1, 0.15) is 5.69 Å². The van der Waals surface area contributed by atoms with Gasteiger partial charge in [-0.05, 0) is 25.0 Å². The first-order chi connectivity index (χ1) is 9.80. The number of halogens is 3. The summed E-state index contributed by atoms with van der Waals surface area (Å²) in [5.41, 5.74) is 5.15. The highest BCUT2D eigenvalue weighted by atomic mass is 19.4. The molecule has 0 bridgehead atoms. The molecule has 1 heterocycles. The van der Waals surface area contributed by atoms with Crippen LogP contribution in [0.2, 0.25) is 0 Å². The topological polar surface area (TPSA) is 59.2 Å². The number of pyridine rings is 1. The van der Waals surface area contributed by atoms with Gasteiger partial charge in [-0.1, -0.05) is 12.8 Å². The Morgan fingerprint density at radius 3 is 2.52 bits per heavy atom. The number of nitrogens with zero attached hydrogens (tertiary/aromatic N) is 2. The molecule has 0 aliphatic heterocycles. The molecule has 2 rings (SSSR count). The summed E-state index contributed by atoms with van der Waals surface area (Å²) in [6.07, 6.45) is -0.0739. The quantitative estimate of drug-likeness (QED) is 0.912. The molecule has 2 atom stereocenters. The van der Waals surface area contributed by atoms with Crippen LogP contribution in [0.5, 0.6) is 0 Å². The zero-order valence-electron chi connectivity index (χ0n) is 11.7. The fourth-order valence-corrected chi connectivity index (χ4v) is 2.64. The van der Waals surface area contributed by atoms with E-state index in [0.29, 0.717) is 6.20 Å². The summed E-state index contributed by atoms with van der Waals surface area (Å²) >= 11 is 0. The van der Waals surface area contributed by atoms with Crippen LogP contribution in [-0.2, 0) is 6.18 Å². The number of aromatic nitrogens is 1. The summed E-state index contributed by atoms with van der Waals surface area (Å²) in [5.74, 6) is -0.397. The molecule has 0 aromatic carbocycles. The molecular formula is C14H18F3N3O. The van der Waals surface area contributed by atoms with Gasteiger partial charge in [0, 0.05) is 25.3 Å². The van der Waals surface area contributed by atoms with Crippen molar-refractivity contribution in [2.75, 3.05) is 7.05 Å². The number of carbonyl (C=O) groups is 1. The van der Waals surface area contributed by atoms with Crippen LogP contribution in [-0.4, -0.2) is 34.9 Å². The van der Waals surface area contributed by atoms with Crippen molar-refractivity contribution in [3.05, 3.63) is 29.6 Å². The fourth-order valence-electron chi connectivity index (χ4n) is 2.64. The normalized spacial score (nSPS) is 22.9. The minimum Gasteiger partial charge on any atom is -0.336 e. The highest BCUT2D eigenvalue weighted by Crippen LogP contribution is 2.28. The fraction of sp³-hybridized carbons (Fsp3) is 0.571. The molecule has 1 aliphatic rings. The van der Waals surface area contributed by atoms with E-state index in [4.69, 9.17) is 5.73 Å². The Kier molecular flexibility index (Phi) is 4.51. The third kappa shape index (κ3) is 3.53. The van der Waals surface area contributed by atoms with Gasteiger partial charge in [-0.15, -0.1) is 0 Å². The first-order valence-electron chi connectivity index (χ1n) is 6.86. The van der Waals surface area contributed by atoms with Crippen LogP contribution in [0.15, 0.2) is 18.3 Å². The molecule has 21 heavy (non-hydrogen) atoms. The molecule has 2 unspecified atom stereocenters. The third-order valence-corrected chi connectivity index (χ3v) is 3.91. The first-order valence-corrected chi connectivity index (χ1v) is 6.86. The van der Waals surface area contributed by atoms with E-state index in [1.807, 2.05) is 0 Å². The van der Waals surface area contributed by atoms with Gasteiger partial charge < -0.3 is 10.6 Å². The number of hydrogen-bond donors (Lipinski definition) is 1. The Balaban J connectivity index is 2.12. The summed E-state index contributed by atoms with van der Waals surface area (Å²) in [6, 6.07) is 1.79. The predicted molar refractivity (Wildman–Crippen MR) is 71.6 cm³/mol. The lowest BCUT2D eigenvalue weighted by atomic mass is 9.90. The van der Waals surface area contributed by atoms with Crippen LogP contribution < -0.4 is 5.73 Å². The molecule has 1 fully saturated rings. The van der Waals surface area contributed by atoms with Gasteiger partial charge in [0.25, 0.3) is 5.91 Å². The Bertz CT molecular complexity index is 501. The molecule has 0 saturated heterocycles. The van der Waals surface area contributed by atoms with Crippen molar-refractivity contribution in [1.82, 2.24) is 9.88 Å². The third-order valence-electron chi connectivity index (χ3n) is 3.91. The van der Waals surface area contributed by atoms with Gasteiger partial charge in [-0.25, -0.2) is 0 Å². The van der Waals surface area contributed by atoms with E-state index >= 15 is 0 Å².